The van der Waals surface area contributed by atoms with Gasteiger partial charge in [-0.25, -0.2) is 0 Å². The second-order valence-electron chi connectivity index (χ2n) is 8.50. The van der Waals surface area contributed by atoms with Crippen LogP contribution in [0.25, 0.3) is 0 Å². The number of piperazine rings is 1. The van der Waals surface area contributed by atoms with Gasteiger partial charge in [-0.3, -0.25) is 9.59 Å². The third-order valence-corrected chi connectivity index (χ3v) is 6.21. The molecule has 1 saturated heterocycles. The van der Waals surface area contributed by atoms with E-state index in [2.05, 4.69) is 52.1 Å². The van der Waals surface area contributed by atoms with Gasteiger partial charge in [0, 0.05) is 56.8 Å². The van der Waals surface area contributed by atoms with E-state index < -0.39 is 0 Å². The topological polar surface area (TPSA) is 73.9 Å². The Morgan fingerprint density at radius 3 is 2.26 bits per heavy atom. The lowest BCUT2D eigenvalue weighted by Crippen LogP contribution is -2.46. The molecule has 1 atom stereocenters. The molecule has 0 aromatic heterocycles. The number of methoxy groups -OCH3 is 1. The summed E-state index contributed by atoms with van der Waals surface area (Å²) in [5, 5.41) is 6.12. The van der Waals surface area contributed by atoms with E-state index in [1.54, 1.807) is 7.11 Å². The third-order valence-electron chi connectivity index (χ3n) is 6.21. The molecule has 0 spiro atoms. The fourth-order valence-corrected chi connectivity index (χ4v) is 4.31. The van der Waals surface area contributed by atoms with E-state index in [1.807, 2.05) is 24.3 Å². The molecule has 1 fully saturated rings. The summed E-state index contributed by atoms with van der Waals surface area (Å²) >= 11 is 0. The number of nitrogens with zero attached hydrogens (tertiary/aromatic N) is 2. The fraction of sp³-hybridized carbons (Fsp3) is 0.429. The Balaban J connectivity index is 0.00000432. The van der Waals surface area contributed by atoms with E-state index >= 15 is 0 Å². The number of carbonyl (C=O) groups excluding carboxylic acids is 2. The van der Waals surface area contributed by atoms with Gasteiger partial charge < -0.3 is 25.2 Å². The van der Waals surface area contributed by atoms with Gasteiger partial charge in [-0.1, -0.05) is 33.4 Å². The maximum absolute atomic E-state index is 12.4. The van der Waals surface area contributed by atoms with Gasteiger partial charge in [0.1, 0.15) is 6.29 Å². The minimum atomic E-state index is -0.267. The summed E-state index contributed by atoms with van der Waals surface area (Å²) in [7, 11) is 1.70. The maximum Gasteiger partial charge on any atom is 0.241 e. The number of carbonyl (C=O) groups is 2. The van der Waals surface area contributed by atoms with Gasteiger partial charge in [-0.15, -0.1) is 0 Å². The average molecular weight is 481 g/mol. The van der Waals surface area contributed by atoms with Crippen LogP contribution in [0.1, 0.15) is 48.7 Å². The Morgan fingerprint density at radius 1 is 1.06 bits per heavy atom. The molecule has 0 radical (unpaired) electrons. The summed E-state index contributed by atoms with van der Waals surface area (Å²) in [4.78, 5) is 28.0. The number of anilines is 2. The molecule has 7 nitrogen and oxygen atoms in total. The first-order valence-corrected chi connectivity index (χ1v) is 11.9. The molecule has 0 bridgehead atoms. The van der Waals surface area contributed by atoms with Crippen molar-refractivity contribution in [3.63, 3.8) is 0 Å². The SMILES string of the molecule is C.C=CNC(=O)C(CCC)NCc1cc(N2CCN(c3ccc(C=O)cc3)CC2)ccc1COC. The van der Waals surface area contributed by atoms with Crippen LogP contribution in [-0.4, -0.2) is 51.5 Å². The smallest absolute Gasteiger partial charge is 0.241 e. The van der Waals surface area contributed by atoms with Gasteiger partial charge in [0.25, 0.3) is 0 Å². The first kappa shape index (κ1) is 28.1. The zero-order valence-corrected chi connectivity index (χ0v) is 20.3. The molecular formula is C28H40N4O3. The highest BCUT2D eigenvalue weighted by molar-refractivity contribution is 5.82. The van der Waals surface area contributed by atoms with Crippen LogP contribution >= 0.6 is 0 Å². The molecule has 1 amide bonds. The number of aldehydes is 1. The predicted octanol–water partition coefficient (Wildman–Crippen LogP) is 4.13. The normalized spacial score (nSPS) is 14.1. The first-order valence-electron chi connectivity index (χ1n) is 11.9. The molecule has 2 aromatic rings. The Morgan fingerprint density at radius 2 is 1.69 bits per heavy atom. The van der Waals surface area contributed by atoms with Gasteiger partial charge in [-0.2, -0.15) is 0 Å². The molecule has 2 N–H and O–H groups in total. The molecule has 35 heavy (non-hydrogen) atoms. The first-order chi connectivity index (χ1) is 16.6. The highest BCUT2D eigenvalue weighted by Gasteiger charge is 2.20. The lowest BCUT2D eigenvalue weighted by atomic mass is 10.0. The summed E-state index contributed by atoms with van der Waals surface area (Å²) < 4.78 is 5.41. The molecule has 1 heterocycles. The van der Waals surface area contributed by atoms with Crippen molar-refractivity contribution < 1.29 is 14.3 Å². The quantitative estimate of drug-likeness (QED) is 0.445. The van der Waals surface area contributed by atoms with Crippen LogP contribution in [0.4, 0.5) is 11.4 Å². The largest absolute Gasteiger partial charge is 0.380 e. The zero-order valence-electron chi connectivity index (χ0n) is 20.3. The molecule has 1 aliphatic heterocycles. The Kier molecular flexibility index (Phi) is 11.5. The average Bonchev–Trinajstić information content (AvgIpc) is 2.87. The van der Waals surface area contributed by atoms with Crippen molar-refractivity contribution in [3.8, 4) is 0 Å². The fourth-order valence-electron chi connectivity index (χ4n) is 4.31. The van der Waals surface area contributed by atoms with Crippen molar-refractivity contribution in [2.45, 2.75) is 46.4 Å². The third kappa shape index (κ3) is 7.67. The van der Waals surface area contributed by atoms with Crippen molar-refractivity contribution in [2.75, 3.05) is 43.1 Å². The Labute approximate surface area is 210 Å². The minimum Gasteiger partial charge on any atom is -0.380 e. The summed E-state index contributed by atoms with van der Waals surface area (Å²) in [5.41, 5.74) is 5.27. The van der Waals surface area contributed by atoms with Crippen LogP contribution in [0, 0.1) is 0 Å². The molecule has 0 saturated carbocycles. The second kappa shape index (κ2) is 14.3. The van der Waals surface area contributed by atoms with Crippen LogP contribution in [0.3, 0.4) is 0 Å². The van der Waals surface area contributed by atoms with Crippen molar-refractivity contribution in [1.29, 1.82) is 0 Å². The molecule has 7 heteroatoms. The van der Waals surface area contributed by atoms with Crippen molar-refractivity contribution >= 4 is 23.6 Å². The lowest BCUT2D eigenvalue weighted by Gasteiger charge is -2.37. The molecule has 0 aliphatic carbocycles. The predicted molar refractivity (Wildman–Crippen MR) is 144 cm³/mol. The van der Waals surface area contributed by atoms with Crippen LogP contribution < -0.4 is 20.4 Å². The summed E-state index contributed by atoms with van der Waals surface area (Å²) in [6.45, 7) is 10.4. The number of nitrogens with one attached hydrogen (secondary N) is 2. The van der Waals surface area contributed by atoms with Crippen molar-refractivity contribution in [3.05, 3.63) is 71.9 Å². The van der Waals surface area contributed by atoms with Gasteiger partial charge in [0.15, 0.2) is 0 Å². The van der Waals surface area contributed by atoms with E-state index in [0.717, 1.165) is 62.1 Å². The Bertz CT molecular complexity index is 953. The van der Waals surface area contributed by atoms with Crippen molar-refractivity contribution in [2.24, 2.45) is 0 Å². The van der Waals surface area contributed by atoms with Gasteiger partial charge in [-0.05, 0) is 60.1 Å². The maximum atomic E-state index is 12.4. The van der Waals surface area contributed by atoms with Crippen molar-refractivity contribution in [1.82, 2.24) is 10.6 Å². The summed E-state index contributed by atoms with van der Waals surface area (Å²) in [5.74, 6) is -0.0569. The highest BCUT2D eigenvalue weighted by Crippen LogP contribution is 2.24. The molecule has 1 aliphatic rings. The van der Waals surface area contributed by atoms with Gasteiger partial charge in [0.05, 0.1) is 12.6 Å². The molecule has 2 aromatic carbocycles. The van der Waals surface area contributed by atoms with E-state index in [9.17, 15) is 9.59 Å². The second-order valence-corrected chi connectivity index (χ2v) is 8.50. The van der Waals surface area contributed by atoms with E-state index in [0.29, 0.717) is 18.7 Å². The van der Waals surface area contributed by atoms with Crippen LogP contribution in [0.2, 0.25) is 0 Å². The van der Waals surface area contributed by atoms with E-state index in [1.165, 1.54) is 11.9 Å². The standard InChI is InChI=1S/C27H36N4O3.CH4/c1-4-6-26(27(33)28-5-2)29-18-23-17-25(12-9-22(23)20-34-3)31-15-13-30(14-16-31)24-10-7-21(19-32)8-11-24;/h5,7-12,17,19,26,29H,2,4,6,13-16,18,20H2,1,3H3,(H,28,33);1H4. The monoisotopic (exact) mass is 480 g/mol. The number of benzene rings is 2. The minimum absolute atomic E-state index is 0. The summed E-state index contributed by atoms with van der Waals surface area (Å²) in [6.07, 6.45) is 3.97. The molecule has 3 rings (SSSR count). The number of hydrogen-bond donors (Lipinski definition) is 2. The molecular weight excluding hydrogens is 440 g/mol. The summed E-state index contributed by atoms with van der Waals surface area (Å²) in [6, 6.07) is 14.0. The lowest BCUT2D eigenvalue weighted by molar-refractivity contribution is -0.122. The van der Waals surface area contributed by atoms with E-state index in [-0.39, 0.29) is 19.4 Å². The van der Waals surface area contributed by atoms with Gasteiger partial charge >= 0.3 is 0 Å². The van der Waals surface area contributed by atoms with E-state index in [4.69, 9.17) is 4.74 Å². The molecule has 1 unspecified atom stereocenters. The number of rotatable bonds is 12. The van der Waals surface area contributed by atoms with Crippen LogP contribution in [0.5, 0.6) is 0 Å². The Hall–Kier alpha value is -3.16. The number of ether oxygens (including phenoxy) is 1. The van der Waals surface area contributed by atoms with Crippen LogP contribution in [-0.2, 0) is 22.7 Å². The van der Waals surface area contributed by atoms with Crippen LogP contribution in [0.15, 0.2) is 55.2 Å². The zero-order chi connectivity index (χ0) is 24.3. The highest BCUT2D eigenvalue weighted by atomic mass is 16.5. The van der Waals surface area contributed by atoms with Gasteiger partial charge in [0.2, 0.25) is 5.91 Å². The molecule has 190 valence electrons. The number of amides is 1. The number of hydrogen-bond acceptors (Lipinski definition) is 6.